The molecule has 0 spiro atoms. The van der Waals surface area contributed by atoms with Gasteiger partial charge in [0.15, 0.2) is 9.84 Å². The maximum absolute atomic E-state index is 11.4. The number of hydrogen-bond donors (Lipinski definition) is 0. The molecule has 0 bridgehead atoms. The zero-order chi connectivity index (χ0) is 11.0. The topological polar surface area (TPSA) is 34.1 Å². The molecule has 0 aliphatic carbocycles. The highest BCUT2D eigenvalue weighted by Gasteiger charge is 2.10. The van der Waals surface area contributed by atoms with Gasteiger partial charge in [0.05, 0.1) is 10.6 Å². The summed E-state index contributed by atoms with van der Waals surface area (Å²) in [5.41, 5.74) is 0. The molecule has 0 heterocycles. The van der Waals surface area contributed by atoms with E-state index in [1.165, 1.54) is 0 Å². The fraction of sp³-hybridized carbons (Fsp3) is 0.455. The van der Waals surface area contributed by atoms with Crippen molar-refractivity contribution >= 4 is 9.84 Å². The minimum absolute atomic E-state index is 0.233. The van der Waals surface area contributed by atoms with Crippen LogP contribution in [0.25, 0.3) is 0 Å². The van der Waals surface area contributed by atoms with Gasteiger partial charge < -0.3 is 0 Å². The lowest BCUT2D eigenvalue weighted by atomic mass is 10.4. The quantitative estimate of drug-likeness (QED) is 0.775. The highest BCUT2D eigenvalue weighted by molar-refractivity contribution is 7.91. The molecule has 3 heteroatoms. The van der Waals surface area contributed by atoms with E-state index >= 15 is 0 Å². The molecule has 0 saturated carbocycles. The largest absolute Gasteiger partial charge is 0.224 e. The predicted octanol–water partition coefficient (Wildman–Crippen LogP) is 2.90. The number of hydrogen-bond acceptors (Lipinski definition) is 2. The van der Waals surface area contributed by atoms with Gasteiger partial charge in [-0.15, -0.1) is 0 Å². The third-order valence-electron chi connectivity index (χ3n) is 1.58. The Labute approximate surface area is 86.9 Å². The Morgan fingerprint density at radius 2 is 1.57 bits per heavy atom. The van der Waals surface area contributed by atoms with E-state index in [1.807, 2.05) is 26.8 Å². The first-order valence-corrected chi connectivity index (χ1v) is 6.60. The van der Waals surface area contributed by atoms with Gasteiger partial charge in [-0.3, -0.25) is 0 Å². The molecule has 0 N–H and O–H groups in total. The molecule has 1 aromatic rings. The molecule has 0 radical (unpaired) electrons. The standard InChI is InChI=1S/C9H12O2S.C2H6/c1-2-8-12(10,11)9-6-4-3-5-7-9;1-2/h3-7H,2,8H2,1H3;1-2H3. The fourth-order valence-corrected chi connectivity index (χ4v) is 2.36. The van der Waals surface area contributed by atoms with Crippen molar-refractivity contribution in [3.8, 4) is 0 Å². The van der Waals surface area contributed by atoms with Gasteiger partial charge in [0.25, 0.3) is 0 Å². The van der Waals surface area contributed by atoms with E-state index in [2.05, 4.69) is 0 Å². The molecule has 0 fully saturated rings. The van der Waals surface area contributed by atoms with Crippen molar-refractivity contribution < 1.29 is 8.42 Å². The molecule has 1 rings (SSSR count). The first-order valence-electron chi connectivity index (χ1n) is 4.94. The molecule has 0 saturated heterocycles. The summed E-state index contributed by atoms with van der Waals surface area (Å²) in [4.78, 5) is 0.423. The summed E-state index contributed by atoms with van der Waals surface area (Å²) in [5, 5.41) is 0. The van der Waals surface area contributed by atoms with Crippen molar-refractivity contribution in [3.05, 3.63) is 30.3 Å². The third kappa shape index (κ3) is 3.92. The highest BCUT2D eigenvalue weighted by Crippen LogP contribution is 2.10. The molecule has 0 amide bonds. The van der Waals surface area contributed by atoms with E-state index in [1.54, 1.807) is 24.3 Å². The van der Waals surface area contributed by atoms with Crippen LogP contribution < -0.4 is 0 Å². The molecular formula is C11H18O2S. The summed E-state index contributed by atoms with van der Waals surface area (Å²) in [7, 11) is -3.01. The van der Waals surface area contributed by atoms with Gasteiger partial charge in [0.1, 0.15) is 0 Å². The van der Waals surface area contributed by atoms with Crippen LogP contribution in [0.1, 0.15) is 27.2 Å². The van der Waals surface area contributed by atoms with Crippen LogP contribution >= 0.6 is 0 Å². The van der Waals surface area contributed by atoms with E-state index in [0.717, 1.165) is 0 Å². The van der Waals surface area contributed by atoms with Gasteiger partial charge in [0.2, 0.25) is 0 Å². The van der Waals surface area contributed by atoms with E-state index < -0.39 is 9.84 Å². The monoisotopic (exact) mass is 214 g/mol. The summed E-state index contributed by atoms with van der Waals surface area (Å²) in [6, 6.07) is 8.55. The smallest absolute Gasteiger partial charge is 0.178 e. The van der Waals surface area contributed by atoms with Crippen LogP contribution in [0.2, 0.25) is 0 Å². The van der Waals surface area contributed by atoms with E-state index in [9.17, 15) is 8.42 Å². The first kappa shape index (κ1) is 13.2. The molecule has 0 unspecified atom stereocenters. The SMILES string of the molecule is CC.CCCS(=O)(=O)c1ccccc1. The number of sulfone groups is 1. The molecular weight excluding hydrogens is 196 g/mol. The summed E-state index contributed by atoms with van der Waals surface area (Å²) in [6.07, 6.45) is 0.664. The highest BCUT2D eigenvalue weighted by atomic mass is 32.2. The van der Waals surface area contributed by atoms with Crippen LogP contribution in [0.5, 0.6) is 0 Å². The van der Waals surface area contributed by atoms with Crippen molar-refractivity contribution in [3.63, 3.8) is 0 Å². The van der Waals surface area contributed by atoms with Crippen molar-refractivity contribution in [1.82, 2.24) is 0 Å². The average Bonchev–Trinajstić information content (AvgIpc) is 2.22. The lowest BCUT2D eigenvalue weighted by molar-refractivity contribution is 0.594. The second-order valence-corrected chi connectivity index (χ2v) is 4.74. The van der Waals surface area contributed by atoms with Gasteiger partial charge in [-0.25, -0.2) is 8.42 Å². The Balaban J connectivity index is 0.000000791. The summed E-state index contributed by atoms with van der Waals surface area (Å²) < 4.78 is 22.9. The van der Waals surface area contributed by atoms with E-state index in [-0.39, 0.29) is 5.75 Å². The Bertz CT molecular complexity index is 328. The molecule has 0 aliphatic heterocycles. The Morgan fingerprint density at radius 1 is 1.07 bits per heavy atom. The van der Waals surface area contributed by atoms with Crippen LogP contribution in [-0.4, -0.2) is 14.2 Å². The normalized spacial score (nSPS) is 10.2. The number of benzene rings is 1. The lowest BCUT2D eigenvalue weighted by Crippen LogP contribution is -2.05. The lowest BCUT2D eigenvalue weighted by Gasteiger charge is -2.00. The van der Waals surface area contributed by atoms with Gasteiger partial charge >= 0.3 is 0 Å². The van der Waals surface area contributed by atoms with Crippen molar-refractivity contribution in [2.75, 3.05) is 5.75 Å². The Hall–Kier alpha value is -0.830. The molecule has 0 atom stereocenters. The molecule has 14 heavy (non-hydrogen) atoms. The predicted molar refractivity (Wildman–Crippen MR) is 60.1 cm³/mol. The summed E-state index contributed by atoms with van der Waals surface area (Å²) in [6.45, 7) is 5.86. The maximum atomic E-state index is 11.4. The molecule has 2 nitrogen and oxygen atoms in total. The first-order chi connectivity index (χ1) is 6.67. The van der Waals surface area contributed by atoms with Gasteiger partial charge in [-0.1, -0.05) is 39.0 Å². The molecule has 80 valence electrons. The zero-order valence-corrected chi connectivity index (χ0v) is 9.84. The van der Waals surface area contributed by atoms with Crippen molar-refractivity contribution in [2.45, 2.75) is 32.1 Å². The molecule has 0 aromatic heterocycles. The molecule has 1 aromatic carbocycles. The van der Waals surface area contributed by atoms with Crippen LogP contribution in [0.4, 0.5) is 0 Å². The van der Waals surface area contributed by atoms with E-state index in [4.69, 9.17) is 0 Å². The second kappa shape index (κ2) is 6.60. The van der Waals surface area contributed by atoms with Gasteiger partial charge in [-0.05, 0) is 18.6 Å². The fourth-order valence-electron chi connectivity index (χ4n) is 1.01. The summed E-state index contributed by atoms with van der Waals surface area (Å²) in [5.74, 6) is 0.233. The van der Waals surface area contributed by atoms with Crippen LogP contribution in [0.3, 0.4) is 0 Å². The van der Waals surface area contributed by atoms with Gasteiger partial charge in [-0.2, -0.15) is 0 Å². The van der Waals surface area contributed by atoms with Crippen LogP contribution in [-0.2, 0) is 9.84 Å². The average molecular weight is 214 g/mol. The van der Waals surface area contributed by atoms with E-state index in [0.29, 0.717) is 11.3 Å². The third-order valence-corrected chi connectivity index (χ3v) is 3.51. The number of rotatable bonds is 3. The van der Waals surface area contributed by atoms with Crippen LogP contribution in [0.15, 0.2) is 35.2 Å². The minimum atomic E-state index is -3.01. The minimum Gasteiger partial charge on any atom is -0.224 e. The van der Waals surface area contributed by atoms with Gasteiger partial charge in [0, 0.05) is 0 Å². The molecule has 0 aliphatic rings. The maximum Gasteiger partial charge on any atom is 0.178 e. The Kier molecular flexibility index (Phi) is 6.21. The zero-order valence-electron chi connectivity index (χ0n) is 9.03. The second-order valence-electron chi connectivity index (χ2n) is 2.63. The van der Waals surface area contributed by atoms with Crippen LogP contribution in [0, 0.1) is 0 Å². The van der Waals surface area contributed by atoms with Crippen molar-refractivity contribution in [2.24, 2.45) is 0 Å². The Morgan fingerprint density at radius 3 is 2.00 bits per heavy atom. The van der Waals surface area contributed by atoms with Crippen molar-refractivity contribution in [1.29, 1.82) is 0 Å². The summed E-state index contributed by atoms with van der Waals surface area (Å²) >= 11 is 0.